The first-order valence-corrected chi connectivity index (χ1v) is 9.10. The number of nitrogens with one attached hydrogen (secondary N) is 1. The van der Waals surface area contributed by atoms with Crippen molar-refractivity contribution < 1.29 is 4.79 Å². The summed E-state index contributed by atoms with van der Waals surface area (Å²) in [7, 11) is 1.98. The van der Waals surface area contributed by atoms with Gasteiger partial charge in [0.15, 0.2) is 0 Å². The van der Waals surface area contributed by atoms with Crippen LogP contribution in [-0.2, 0) is 18.3 Å². The Labute approximate surface area is 140 Å². The van der Waals surface area contributed by atoms with Crippen molar-refractivity contribution in [1.82, 2.24) is 19.7 Å². The van der Waals surface area contributed by atoms with E-state index in [4.69, 9.17) is 0 Å². The second-order valence-corrected chi connectivity index (χ2v) is 7.09. The summed E-state index contributed by atoms with van der Waals surface area (Å²) in [4.78, 5) is 17.1. The van der Waals surface area contributed by atoms with Gasteiger partial charge in [-0.15, -0.1) is 10.2 Å². The molecule has 0 saturated carbocycles. The average molecular weight is 333 g/mol. The molecule has 0 fully saturated rings. The van der Waals surface area contributed by atoms with Crippen LogP contribution in [0.15, 0.2) is 6.33 Å². The first-order valence-electron chi connectivity index (χ1n) is 8.28. The molecule has 0 spiro atoms. The topological polar surface area (TPSA) is 72.7 Å². The van der Waals surface area contributed by atoms with Crippen molar-refractivity contribution in [3.05, 3.63) is 22.7 Å². The number of rotatable bonds is 5. The quantitative estimate of drug-likeness (QED) is 0.912. The van der Waals surface area contributed by atoms with Crippen molar-refractivity contribution in [3.8, 4) is 0 Å². The van der Waals surface area contributed by atoms with E-state index in [0.29, 0.717) is 11.0 Å². The molecule has 1 atom stereocenters. The molecule has 2 heterocycles. The zero-order valence-electron chi connectivity index (χ0n) is 13.9. The standard InChI is InChI=1S/C16H23N5OS/c1-4-10(5-2)15-19-20-16(23-15)18-14(22)11-7-6-8-12-13(11)17-9-21(12)3/h9-11H,4-8H2,1-3H3,(H,18,20,22). The number of anilines is 1. The first-order chi connectivity index (χ1) is 11.1. The van der Waals surface area contributed by atoms with Crippen LogP contribution in [0.1, 0.15) is 67.8 Å². The molecule has 6 nitrogen and oxygen atoms in total. The SMILES string of the molecule is CCC(CC)c1nnc(NC(=O)C2CCCc3c2ncn3C)s1. The predicted octanol–water partition coefficient (Wildman–Crippen LogP) is 3.23. The van der Waals surface area contributed by atoms with E-state index in [-0.39, 0.29) is 11.8 Å². The summed E-state index contributed by atoms with van der Waals surface area (Å²) < 4.78 is 2.02. The molecule has 0 aliphatic heterocycles. The van der Waals surface area contributed by atoms with Gasteiger partial charge in [0.2, 0.25) is 11.0 Å². The van der Waals surface area contributed by atoms with Crippen LogP contribution in [0, 0.1) is 0 Å². The van der Waals surface area contributed by atoms with Crippen LogP contribution in [0.25, 0.3) is 0 Å². The minimum Gasteiger partial charge on any atom is -0.337 e. The summed E-state index contributed by atoms with van der Waals surface area (Å²) in [6, 6.07) is 0. The van der Waals surface area contributed by atoms with Gasteiger partial charge < -0.3 is 4.57 Å². The normalized spacial score (nSPS) is 17.3. The van der Waals surface area contributed by atoms with Crippen molar-refractivity contribution in [2.75, 3.05) is 5.32 Å². The molecule has 1 unspecified atom stereocenters. The van der Waals surface area contributed by atoms with Gasteiger partial charge in [0.25, 0.3) is 0 Å². The second kappa shape index (κ2) is 6.78. The molecule has 0 bridgehead atoms. The monoisotopic (exact) mass is 333 g/mol. The highest BCUT2D eigenvalue weighted by Crippen LogP contribution is 2.32. The lowest BCUT2D eigenvalue weighted by Gasteiger charge is -2.20. The highest BCUT2D eigenvalue weighted by atomic mass is 32.1. The Morgan fingerprint density at radius 2 is 2.22 bits per heavy atom. The van der Waals surface area contributed by atoms with Gasteiger partial charge in [0, 0.05) is 18.7 Å². The van der Waals surface area contributed by atoms with Crippen LogP contribution in [0.3, 0.4) is 0 Å². The van der Waals surface area contributed by atoms with Gasteiger partial charge in [-0.3, -0.25) is 10.1 Å². The zero-order chi connectivity index (χ0) is 16.4. The van der Waals surface area contributed by atoms with Gasteiger partial charge in [0.05, 0.1) is 17.9 Å². The number of fused-ring (bicyclic) bond motifs is 1. The molecule has 0 aromatic carbocycles. The highest BCUT2D eigenvalue weighted by molar-refractivity contribution is 7.15. The minimum atomic E-state index is -0.180. The summed E-state index contributed by atoms with van der Waals surface area (Å²) in [5, 5.41) is 12.9. The fourth-order valence-electron chi connectivity index (χ4n) is 3.22. The molecule has 1 N–H and O–H groups in total. The molecule has 0 saturated heterocycles. The van der Waals surface area contributed by atoms with E-state index < -0.39 is 0 Å². The fraction of sp³-hybridized carbons (Fsp3) is 0.625. The number of aromatic nitrogens is 4. The summed E-state index contributed by atoms with van der Waals surface area (Å²) >= 11 is 1.49. The van der Waals surface area contributed by atoms with E-state index in [1.165, 1.54) is 17.0 Å². The summed E-state index contributed by atoms with van der Waals surface area (Å²) in [5.74, 6) is 0.229. The molecule has 0 radical (unpaired) electrons. The summed E-state index contributed by atoms with van der Waals surface area (Å²) in [5.41, 5.74) is 2.09. The number of hydrogen-bond donors (Lipinski definition) is 1. The van der Waals surface area contributed by atoms with Crippen molar-refractivity contribution in [2.45, 2.75) is 57.8 Å². The van der Waals surface area contributed by atoms with Gasteiger partial charge in [-0.1, -0.05) is 25.2 Å². The predicted molar refractivity (Wildman–Crippen MR) is 90.7 cm³/mol. The Hall–Kier alpha value is -1.76. The molecular weight excluding hydrogens is 310 g/mol. The van der Waals surface area contributed by atoms with Gasteiger partial charge >= 0.3 is 0 Å². The zero-order valence-corrected chi connectivity index (χ0v) is 14.7. The Morgan fingerprint density at radius 1 is 1.43 bits per heavy atom. The maximum Gasteiger partial charge on any atom is 0.235 e. The van der Waals surface area contributed by atoms with Crippen LogP contribution >= 0.6 is 11.3 Å². The molecule has 2 aromatic heterocycles. The summed E-state index contributed by atoms with van der Waals surface area (Å²) in [6.07, 6.45) is 6.73. The minimum absolute atomic E-state index is 0.0168. The average Bonchev–Trinajstić information content (AvgIpc) is 3.16. The molecule has 7 heteroatoms. The van der Waals surface area contributed by atoms with E-state index in [2.05, 4.69) is 34.3 Å². The highest BCUT2D eigenvalue weighted by Gasteiger charge is 2.30. The molecule has 124 valence electrons. The fourth-order valence-corrected chi connectivity index (χ4v) is 4.23. The molecule has 1 amide bonds. The van der Waals surface area contributed by atoms with E-state index >= 15 is 0 Å². The summed E-state index contributed by atoms with van der Waals surface area (Å²) in [6.45, 7) is 4.30. The first kappa shape index (κ1) is 16.1. The number of amides is 1. The number of imidazole rings is 1. The maximum atomic E-state index is 12.6. The molecular formula is C16H23N5OS. The third-order valence-corrected chi connectivity index (χ3v) is 5.65. The largest absolute Gasteiger partial charge is 0.337 e. The third kappa shape index (κ3) is 3.15. The lowest BCUT2D eigenvalue weighted by molar-refractivity contribution is -0.118. The van der Waals surface area contributed by atoms with E-state index in [0.717, 1.165) is 42.8 Å². The smallest absolute Gasteiger partial charge is 0.235 e. The Morgan fingerprint density at radius 3 is 2.96 bits per heavy atom. The maximum absolute atomic E-state index is 12.6. The van der Waals surface area contributed by atoms with E-state index in [1.54, 1.807) is 6.33 Å². The third-order valence-electron chi connectivity index (χ3n) is 4.65. The second-order valence-electron chi connectivity index (χ2n) is 6.08. The van der Waals surface area contributed by atoms with Crippen molar-refractivity contribution in [3.63, 3.8) is 0 Å². The lowest BCUT2D eigenvalue weighted by Crippen LogP contribution is -2.25. The Kier molecular flexibility index (Phi) is 4.75. The lowest BCUT2D eigenvalue weighted by atomic mass is 9.89. The molecule has 1 aliphatic carbocycles. The number of carbonyl (C=O) groups is 1. The molecule has 23 heavy (non-hydrogen) atoms. The van der Waals surface area contributed by atoms with Gasteiger partial charge in [-0.25, -0.2) is 4.98 Å². The van der Waals surface area contributed by atoms with Crippen molar-refractivity contribution in [2.24, 2.45) is 7.05 Å². The van der Waals surface area contributed by atoms with Crippen LogP contribution in [-0.4, -0.2) is 25.7 Å². The van der Waals surface area contributed by atoms with Crippen LogP contribution < -0.4 is 5.32 Å². The number of nitrogens with zero attached hydrogens (tertiary/aromatic N) is 4. The van der Waals surface area contributed by atoms with Crippen LogP contribution in [0.4, 0.5) is 5.13 Å². The van der Waals surface area contributed by atoms with Crippen LogP contribution in [0.2, 0.25) is 0 Å². The van der Waals surface area contributed by atoms with Crippen molar-refractivity contribution >= 4 is 22.4 Å². The Bertz CT molecular complexity index is 688. The van der Waals surface area contributed by atoms with Gasteiger partial charge in [-0.2, -0.15) is 0 Å². The molecule has 3 rings (SSSR count). The van der Waals surface area contributed by atoms with E-state index in [1.807, 2.05) is 11.6 Å². The number of aryl methyl sites for hydroxylation is 1. The van der Waals surface area contributed by atoms with Crippen molar-refractivity contribution in [1.29, 1.82) is 0 Å². The van der Waals surface area contributed by atoms with Gasteiger partial charge in [-0.05, 0) is 32.1 Å². The van der Waals surface area contributed by atoms with E-state index in [9.17, 15) is 4.79 Å². The molecule has 2 aromatic rings. The number of carbonyl (C=O) groups excluding carboxylic acids is 1. The Balaban J connectivity index is 1.73. The van der Waals surface area contributed by atoms with Gasteiger partial charge in [0.1, 0.15) is 5.01 Å². The number of hydrogen-bond acceptors (Lipinski definition) is 5. The molecule has 1 aliphatic rings. The van der Waals surface area contributed by atoms with Crippen LogP contribution in [0.5, 0.6) is 0 Å².